The van der Waals surface area contributed by atoms with E-state index in [4.69, 9.17) is 9.47 Å². The molecule has 0 amide bonds. The van der Waals surface area contributed by atoms with Crippen LogP contribution in [0.3, 0.4) is 0 Å². The molecule has 0 spiro atoms. The van der Waals surface area contributed by atoms with E-state index in [1.807, 2.05) is 0 Å². The van der Waals surface area contributed by atoms with E-state index < -0.39 is 0 Å². The van der Waals surface area contributed by atoms with Crippen LogP contribution in [0.5, 0.6) is 0 Å². The monoisotopic (exact) mass is 269 g/mol. The molecule has 2 rings (SSSR count). The molecular formula is C16H31NO2. The molecule has 0 saturated heterocycles. The molecular weight excluding hydrogens is 238 g/mol. The molecule has 19 heavy (non-hydrogen) atoms. The minimum atomic E-state index is 0.275. The highest BCUT2D eigenvalue weighted by Crippen LogP contribution is 2.33. The van der Waals surface area contributed by atoms with Crippen molar-refractivity contribution in [2.24, 2.45) is 5.92 Å². The van der Waals surface area contributed by atoms with Gasteiger partial charge in [0, 0.05) is 12.6 Å². The highest BCUT2D eigenvalue weighted by molar-refractivity contribution is 4.97. The summed E-state index contributed by atoms with van der Waals surface area (Å²) in [5.74, 6) is 0.832. The predicted octanol–water partition coefficient (Wildman–Crippen LogP) is 3.13. The van der Waals surface area contributed by atoms with Gasteiger partial charge in [-0.05, 0) is 38.1 Å². The summed E-state index contributed by atoms with van der Waals surface area (Å²) >= 11 is 0. The van der Waals surface area contributed by atoms with Crippen molar-refractivity contribution in [1.29, 1.82) is 0 Å². The molecule has 5 unspecified atom stereocenters. The van der Waals surface area contributed by atoms with Crippen molar-refractivity contribution >= 4 is 0 Å². The van der Waals surface area contributed by atoms with Crippen LogP contribution in [0.2, 0.25) is 0 Å². The summed E-state index contributed by atoms with van der Waals surface area (Å²) in [6, 6.07) is 0.502. The van der Waals surface area contributed by atoms with Crippen molar-refractivity contribution in [1.82, 2.24) is 5.32 Å². The predicted molar refractivity (Wildman–Crippen MR) is 78.4 cm³/mol. The summed E-state index contributed by atoms with van der Waals surface area (Å²) in [5.41, 5.74) is 0. The van der Waals surface area contributed by atoms with Gasteiger partial charge in [-0.1, -0.05) is 33.6 Å². The molecule has 1 N–H and O–H groups in total. The van der Waals surface area contributed by atoms with Gasteiger partial charge in [0.1, 0.15) is 0 Å². The van der Waals surface area contributed by atoms with Crippen molar-refractivity contribution in [2.45, 2.75) is 83.6 Å². The fourth-order valence-corrected chi connectivity index (χ4v) is 3.40. The highest BCUT2D eigenvalue weighted by Gasteiger charge is 2.43. The second kappa shape index (κ2) is 7.61. The third-order valence-corrected chi connectivity index (χ3v) is 4.49. The summed E-state index contributed by atoms with van der Waals surface area (Å²) < 4.78 is 12.3. The Morgan fingerprint density at radius 2 is 2.00 bits per heavy atom. The average Bonchev–Trinajstić information content (AvgIpc) is 2.38. The molecule has 0 aromatic heterocycles. The normalized spacial score (nSPS) is 39.0. The van der Waals surface area contributed by atoms with Gasteiger partial charge in [0.25, 0.3) is 0 Å². The first-order valence-electron chi connectivity index (χ1n) is 8.25. The van der Waals surface area contributed by atoms with Crippen LogP contribution in [-0.4, -0.2) is 37.5 Å². The van der Waals surface area contributed by atoms with Crippen LogP contribution >= 0.6 is 0 Å². The summed E-state index contributed by atoms with van der Waals surface area (Å²) in [6.45, 7) is 8.55. The Morgan fingerprint density at radius 3 is 2.68 bits per heavy atom. The molecule has 2 aliphatic carbocycles. The maximum Gasteiger partial charge on any atom is 0.0990 e. The third-order valence-electron chi connectivity index (χ3n) is 4.49. The lowest BCUT2D eigenvalue weighted by Gasteiger charge is -2.46. The molecule has 0 bridgehead atoms. The van der Waals surface area contributed by atoms with Crippen molar-refractivity contribution < 1.29 is 9.47 Å². The van der Waals surface area contributed by atoms with Crippen molar-refractivity contribution in [3.8, 4) is 0 Å². The van der Waals surface area contributed by atoms with Gasteiger partial charge in [-0.2, -0.15) is 0 Å². The topological polar surface area (TPSA) is 30.5 Å². The van der Waals surface area contributed by atoms with Crippen molar-refractivity contribution in [3.05, 3.63) is 0 Å². The van der Waals surface area contributed by atoms with Gasteiger partial charge in [0.05, 0.1) is 18.3 Å². The van der Waals surface area contributed by atoms with E-state index in [-0.39, 0.29) is 6.10 Å². The lowest BCUT2D eigenvalue weighted by molar-refractivity contribution is -0.174. The molecule has 2 aliphatic rings. The van der Waals surface area contributed by atoms with Gasteiger partial charge in [-0.15, -0.1) is 0 Å². The molecule has 0 aromatic carbocycles. The van der Waals surface area contributed by atoms with Crippen molar-refractivity contribution in [3.63, 3.8) is 0 Å². The quantitative estimate of drug-likeness (QED) is 0.770. The van der Waals surface area contributed by atoms with E-state index in [2.05, 4.69) is 26.1 Å². The summed E-state index contributed by atoms with van der Waals surface area (Å²) in [6.07, 6.45) is 8.47. The third kappa shape index (κ3) is 4.17. The van der Waals surface area contributed by atoms with E-state index in [1.54, 1.807) is 0 Å². The Morgan fingerprint density at radius 1 is 1.16 bits per heavy atom. The molecule has 112 valence electrons. The Kier molecular flexibility index (Phi) is 6.11. The molecule has 3 heteroatoms. The molecule has 2 saturated carbocycles. The molecule has 0 aliphatic heterocycles. The zero-order valence-corrected chi connectivity index (χ0v) is 12.9. The zero-order valence-electron chi connectivity index (χ0n) is 12.9. The van der Waals surface area contributed by atoms with Gasteiger partial charge in [-0.3, -0.25) is 0 Å². The maximum atomic E-state index is 6.32. The minimum absolute atomic E-state index is 0.275. The maximum absolute atomic E-state index is 6.32. The minimum Gasteiger partial charge on any atom is -0.374 e. The Bertz CT molecular complexity index is 259. The van der Waals surface area contributed by atoms with E-state index in [0.29, 0.717) is 18.2 Å². The second-order valence-electron chi connectivity index (χ2n) is 6.30. The van der Waals surface area contributed by atoms with Crippen LogP contribution in [0.15, 0.2) is 0 Å². The molecule has 0 radical (unpaired) electrons. The summed E-state index contributed by atoms with van der Waals surface area (Å²) in [4.78, 5) is 0. The van der Waals surface area contributed by atoms with Crippen LogP contribution in [0, 0.1) is 5.92 Å². The first-order chi connectivity index (χ1) is 9.24. The lowest BCUT2D eigenvalue weighted by Crippen LogP contribution is -2.61. The largest absolute Gasteiger partial charge is 0.374 e. The Labute approximate surface area is 118 Å². The standard InChI is InChI=1S/C16H31NO2/c1-4-9-18-16-14(17-5-2)11-15(16)19-13-8-6-7-12(3)10-13/h12-17H,4-11H2,1-3H3. The number of hydrogen-bond donors (Lipinski definition) is 1. The number of hydrogen-bond acceptors (Lipinski definition) is 3. The molecule has 5 atom stereocenters. The molecule has 3 nitrogen and oxygen atoms in total. The summed E-state index contributed by atoms with van der Waals surface area (Å²) in [5, 5.41) is 3.51. The number of likely N-dealkylation sites (N-methyl/N-ethyl adjacent to an activating group) is 1. The molecule has 0 aromatic rings. The highest BCUT2D eigenvalue weighted by atomic mass is 16.6. The second-order valence-corrected chi connectivity index (χ2v) is 6.30. The van der Waals surface area contributed by atoms with Gasteiger partial charge >= 0.3 is 0 Å². The van der Waals surface area contributed by atoms with Crippen LogP contribution in [0.1, 0.15) is 59.3 Å². The van der Waals surface area contributed by atoms with Crippen LogP contribution < -0.4 is 5.32 Å². The Hall–Kier alpha value is -0.120. The SMILES string of the molecule is CCCOC1C(NCC)CC1OC1CCCC(C)C1. The first-order valence-corrected chi connectivity index (χ1v) is 8.25. The van der Waals surface area contributed by atoms with Crippen LogP contribution in [0.4, 0.5) is 0 Å². The lowest BCUT2D eigenvalue weighted by atomic mass is 9.83. The number of ether oxygens (including phenoxy) is 2. The smallest absolute Gasteiger partial charge is 0.0990 e. The average molecular weight is 269 g/mol. The van der Waals surface area contributed by atoms with Gasteiger partial charge in [-0.25, -0.2) is 0 Å². The number of nitrogens with one attached hydrogen (secondary N) is 1. The first kappa shape index (κ1) is 15.3. The number of rotatable bonds is 7. The van der Waals surface area contributed by atoms with E-state index >= 15 is 0 Å². The fourth-order valence-electron chi connectivity index (χ4n) is 3.40. The molecule has 0 heterocycles. The van der Waals surface area contributed by atoms with Crippen LogP contribution in [0.25, 0.3) is 0 Å². The van der Waals surface area contributed by atoms with Gasteiger partial charge < -0.3 is 14.8 Å². The Balaban J connectivity index is 1.78. The molecule has 2 fully saturated rings. The van der Waals surface area contributed by atoms with Gasteiger partial charge in [0.2, 0.25) is 0 Å². The van der Waals surface area contributed by atoms with Crippen LogP contribution in [-0.2, 0) is 9.47 Å². The van der Waals surface area contributed by atoms with E-state index in [9.17, 15) is 0 Å². The summed E-state index contributed by atoms with van der Waals surface area (Å²) in [7, 11) is 0. The fraction of sp³-hybridized carbons (Fsp3) is 1.00. The zero-order chi connectivity index (χ0) is 13.7. The van der Waals surface area contributed by atoms with Gasteiger partial charge in [0.15, 0.2) is 0 Å². The van der Waals surface area contributed by atoms with Crippen molar-refractivity contribution in [2.75, 3.05) is 13.2 Å². The van der Waals surface area contributed by atoms with E-state index in [0.717, 1.165) is 31.9 Å². The van der Waals surface area contributed by atoms with E-state index in [1.165, 1.54) is 25.7 Å².